The van der Waals surface area contributed by atoms with Gasteiger partial charge in [-0.05, 0) is 31.0 Å². The summed E-state index contributed by atoms with van der Waals surface area (Å²) >= 11 is 0. The Labute approximate surface area is 156 Å². The molecule has 1 fully saturated rings. The number of methoxy groups -OCH3 is 1. The fraction of sp³-hybridized carbons (Fsp3) is 0.368. The van der Waals surface area contributed by atoms with Gasteiger partial charge in [-0.1, -0.05) is 19.3 Å². The molecule has 0 spiro atoms. The molecular formula is C19H20N6O2. The summed E-state index contributed by atoms with van der Waals surface area (Å²) < 4.78 is 8.77. The molecule has 1 aliphatic rings. The molecule has 0 atom stereocenters. The second kappa shape index (κ2) is 7.11. The van der Waals surface area contributed by atoms with Crippen LogP contribution in [0.5, 0.6) is 5.88 Å². The third kappa shape index (κ3) is 3.24. The maximum Gasteiger partial charge on any atom is 0.274 e. The van der Waals surface area contributed by atoms with Crippen molar-refractivity contribution >= 4 is 22.8 Å². The average molecular weight is 364 g/mol. The van der Waals surface area contributed by atoms with E-state index in [9.17, 15) is 4.79 Å². The number of ether oxygens (including phenoxy) is 1. The first-order chi connectivity index (χ1) is 13.2. The van der Waals surface area contributed by atoms with Gasteiger partial charge in [-0.2, -0.15) is 5.10 Å². The molecule has 0 unspecified atom stereocenters. The van der Waals surface area contributed by atoms with Crippen molar-refractivity contribution < 1.29 is 9.53 Å². The fourth-order valence-electron chi connectivity index (χ4n) is 3.55. The third-order valence-electron chi connectivity index (χ3n) is 4.94. The van der Waals surface area contributed by atoms with Gasteiger partial charge in [0.1, 0.15) is 11.4 Å². The van der Waals surface area contributed by atoms with E-state index >= 15 is 0 Å². The van der Waals surface area contributed by atoms with Gasteiger partial charge in [0.25, 0.3) is 11.8 Å². The molecule has 138 valence electrons. The zero-order valence-corrected chi connectivity index (χ0v) is 15.1. The number of carbonyl (C=O) groups is 1. The Morgan fingerprint density at radius 2 is 2.15 bits per heavy atom. The molecule has 3 aromatic rings. The Morgan fingerprint density at radius 3 is 2.89 bits per heavy atom. The number of rotatable bonds is 4. The van der Waals surface area contributed by atoms with Crippen molar-refractivity contribution in [1.29, 1.82) is 0 Å². The first-order valence-electron chi connectivity index (χ1n) is 8.99. The number of fused-ring (bicyclic) bond motifs is 1. The van der Waals surface area contributed by atoms with E-state index in [2.05, 4.69) is 20.4 Å². The molecule has 1 saturated carbocycles. The highest BCUT2D eigenvalue weighted by Gasteiger charge is 2.21. The molecule has 3 aromatic heterocycles. The number of nitrogens with zero attached hydrogens (tertiary/aromatic N) is 5. The Kier molecular flexibility index (Phi) is 4.50. The highest BCUT2D eigenvalue weighted by molar-refractivity contribution is 6.04. The molecular weight excluding hydrogens is 344 g/mol. The van der Waals surface area contributed by atoms with E-state index in [0.717, 1.165) is 12.8 Å². The topological polar surface area (TPSA) is 77.8 Å². The third-order valence-corrected chi connectivity index (χ3v) is 4.94. The number of amides is 1. The van der Waals surface area contributed by atoms with E-state index in [1.807, 2.05) is 10.9 Å². The van der Waals surface area contributed by atoms with E-state index in [-0.39, 0.29) is 5.91 Å². The quantitative estimate of drug-likeness (QED) is 0.713. The summed E-state index contributed by atoms with van der Waals surface area (Å²) in [5.41, 5.74) is 2.05. The van der Waals surface area contributed by atoms with Gasteiger partial charge in [0, 0.05) is 0 Å². The lowest BCUT2D eigenvalue weighted by Gasteiger charge is -2.21. The highest BCUT2D eigenvalue weighted by atomic mass is 16.5. The van der Waals surface area contributed by atoms with Crippen LogP contribution in [0.2, 0.25) is 0 Å². The molecule has 0 bridgehead atoms. The summed E-state index contributed by atoms with van der Waals surface area (Å²) in [4.78, 5) is 16.1. The van der Waals surface area contributed by atoms with Crippen molar-refractivity contribution in [3.05, 3.63) is 47.7 Å². The second-order valence-corrected chi connectivity index (χ2v) is 6.66. The summed E-state index contributed by atoms with van der Waals surface area (Å²) in [5, 5.41) is 11.6. The van der Waals surface area contributed by atoms with E-state index in [0.29, 0.717) is 34.5 Å². The van der Waals surface area contributed by atoms with E-state index in [4.69, 9.17) is 11.3 Å². The fourth-order valence-corrected chi connectivity index (χ4v) is 3.55. The normalized spacial score (nSPS) is 14.8. The van der Waals surface area contributed by atoms with Gasteiger partial charge in [0.2, 0.25) is 5.69 Å². The first kappa shape index (κ1) is 17.1. The Bertz CT molecular complexity index is 1020. The van der Waals surface area contributed by atoms with Crippen molar-refractivity contribution in [2.45, 2.75) is 38.1 Å². The van der Waals surface area contributed by atoms with Gasteiger partial charge >= 0.3 is 0 Å². The molecule has 0 aromatic carbocycles. The Morgan fingerprint density at radius 1 is 1.33 bits per heavy atom. The molecule has 4 rings (SSSR count). The predicted molar refractivity (Wildman–Crippen MR) is 100 cm³/mol. The number of carbonyl (C=O) groups excluding carboxylic acids is 1. The van der Waals surface area contributed by atoms with Crippen LogP contribution in [0.15, 0.2) is 30.6 Å². The minimum Gasteiger partial charge on any atom is -0.478 e. The lowest BCUT2D eigenvalue weighted by atomic mass is 9.96. The molecule has 0 saturated heterocycles. The SMILES string of the molecule is [C-]#[N+]c1cnn2c(C(=O)Nc3cn(C4CCCCC4)nc3OC)ccc2c1. The number of anilines is 1. The largest absolute Gasteiger partial charge is 0.478 e. The minimum absolute atomic E-state index is 0.306. The molecule has 27 heavy (non-hydrogen) atoms. The Balaban J connectivity index is 1.59. The van der Waals surface area contributed by atoms with Crippen LogP contribution < -0.4 is 10.1 Å². The maximum absolute atomic E-state index is 12.8. The smallest absolute Gasteiger partial charge is 0.274 e. The van der Waals surface area contributed by atoms with Gasteiger partial charge < -0.3 is 10.1 Å². The van der Waals surface area contributed by atoms with Crippen molar-refractivity contribution in [2.24, 2.45) is 0 Å². The van der Waals surface area contributed by atoms with Crippen molar-refractivity contribution in [3.8, 4) is 5.88 Å². The maximum atomic E-state index is 12.8. The minimum atomic E-state index is -0.306. The van der Waals surface area contributed by atoms with E-state index in [1.165, 1.54) is 30.0 Å². The van der Waals surface area contributed by atoms with Crippen LogP contribution in [0.4, 0.5) is 11.4 Å². The first-order valence-corrected chi connectivity index (χ1v) is 8.99. The van der Waals surface area contributed by atoms with Crippen LogP contribution in [-0.4, -0.2) is 32.4 Å². The number of aromatic nitrogens is 4. The molecule has 1 N–H and O–H groups in total. The zero-order valence-electron chi connectivity index (χ0n) is 15.1. The van der Waals surface area contributed by atoms with Crippen LogP contribution >= 0.6 is 0 Å². The standard InChI is InChI=1S/C19H20N6O2/c1-20-13-10-15-8-9-17(25(15)21-11-13)18(26)22-16-12-24(23-19(16)27-2)14-6-4-3-5-7-14/h8-12,14H,3-7H2,2H3,(H,22,26). The molecule has 3 heterocycles. The van der Waals surface area contributed by atoms with Gasteiger partial charge in [0.15, 0.2) is 0 Å². The zero-order chi connectivity index (χ0) is 18.8. The summed E-state index contributed by atoms with van der Waals surface area (Å²) in [5.74, 6) is 0.0950. The van der Waals surface area contributed by atoms with Crippen LogP contribution in [-0.2, 0) is 0 Å². The molecule has 0 radical (unpaired) electrons. The highest BCUT2D eigenvalue weighted by Crippen LogP contribution is 2.31. The summed E-state index contributed by atoms with van der Waals surface area (Å²) in [6, 6.07) is 5.49. The van der Waals surface area contributed by atoms with Crippen LogP contribution in [0.25, 0.3) is 10.4 Å². The molecule has 0 aliphatic heterocycles. The van der Waals surface area contributed by atoms with Gasteiger partial charge in [-0.25, -0.2) is 9.36 Å². The van der Waals surface area contributed by atoms with Crippen molar-refractivity contribution in [1.82, 2.24) is 19.4 Å². The molecule has 1 amide bonds. The van der Waals surface area contributed by atoms with Crippen LogP contribution in [0.1, 0.15) is 48.6 Å². The number of hydrogen-bond acceptors (Lipinski definition) is 4. The summed E-state index contributed by atoms with van der Waals surface area (Å²) in [6.07, 6.45) is 9.13. The monoisotopic (exact) mass is 364 g/mol. The van der Waals surface area contributed by atoms with Gasteiger partial charge in [-0.3, -0.25) is 9.48 Å². The molecule has 1 aliphatic carbocycles. The average Bonchev–Trinajstić information content (AvgIpc) is 3.32. The van der Waals surface area contributed by atoms with Crippen molar-refractivity contribution in [2.75, 3.05) is 12.4 Å². The van der Waals surface area contributed by atoms with Gasteiger partial charge in [0.05, 0.1) is 37.6 Å². The molecule has 8 nitrogen and oxygen atoms in total. The number of hydrogen-bond donors (Lipinski definition) is 1. The van der Waals surface area contributed by atoms with Crippen LogP contribution in [0, 0.1) is 6.57 Å². The van der Waals surface area contributed by atoms with E-state index < -0.39 is 0 Å². The van der Waals surface area contributed by atoms with Crippen molar-refractivity contribution in [3.63, 3.8) is 0 Å². The predicted octanol–water partition coefficient (Wildman–Crippen LogP) is 3.85. The Hall–Kier alpha value is -3.34. The lowest BCUT2D eigenvalue weighted by Crippen LogP contribution is -2.15. The summed E-state index contributed by atoms with van der Waals surface area (Å²) in [6.45, 7) is 7.06. The van der Waals surface area contributed by atoms with E-state index in [1.54, 1.807) is 25.3 Å². The van der Waals surface area contributed by atoms with Gasteiger partial charge in [-0.15, -0.1) is 5.10 Å². The number of nitrogens with one attached hydrogen (secondary N) is 1. The van der Waals surface area contributed by atoms with Crippen LogP contribution in [0.3, 0.4) is 0 Å². The lowest BCUT2D eigenvalue weighted by molar-refractivity contribution is 0.102. The second-order valence-electron chi connectivity index (χ2n) is 6.66. The molecule has 8 heteroatoms. The summed E-state index contributed by atoms with van der Waals surface area (Å²) in [7, 11) is 1.54.